The van der Waals surface area contributed by atoms with Crippen LogP contribution in [0.2, 0.25) is 5.02 Å². The molecule has 0 N–H and O–H groups in total. The summed E-state index contributed by atoms with van der Waals surface area (Å²) in [4.78, 5) is 11.8. The van der Waals surface area contributed by atoms with Gasteiger partial charge in [0, 0.05) is 11.4 Å². The lowest BCUT2D eigenvalue weighted by Gasteiger charge is -2.20. The number of hydrogen-bond donors (Lipinski definition) is 0. The first-order valence-corrected chi connectivity index (χ1v) is 7.02. The summed E-state index contributed by atoms with van der Waals surface area (Å²) in [5, 5.41) is 0.677. The van der Waals surface area contributed by atoms with Gasteiger partial charge in [0.05, 0.1) is 0 Å². The highest BCUT2D eigenvalue weighted by Crippen LogP contribution is 2.26. The topological polar surface area (TPSA) is 26.3 Å². The average molecular weight is 267 g/mol. The summed E-state index contributed by atoms with van der Waals surface area (Å²) >= 11 is 5.78. The van der Waals surface area contributed by atoms with Crippen LogP contribution in [0.1, 0.15) is 38.5 Å². The van der Waals surface area contributed by atoms with E-state index in [1.54, 1.807) is 24.3 Å². The van der Waals surface area contributed by atoms with Crippen molar-refractivity contribution in [2.45, 2.75) is 38.5 Å². The number of carbonyl (C=O) groups excluding carboxylic acids is 1. The lowest BCUT2D eigenvalue weighted by molar-refractivity contribution is -0.122. The minimum Gasteiger partial charge on any atom is -0.486 e. The largest absolute Gasteiger partial charge is 0.486 e. The Hall–Kier alpha value is -1.02. The predicted octanol–water partition coefficient (Wildman–Crippen LogP) is 4.26. The molecule has 3 heteroatoms. The van der Waals surface area contributed by atoms with E-state index in [0.29, 0.717) is 23.1 Å². The first-order valence-electron chi connectivity index (χ1n) is 6.64. The van der Waals surface area contributed by atoms with Gasteiger partial charge in [-0.1, -0.05) is 43.7 Å². The lowest BCUT2D eigenvalue weighted by atomic mass is 9.86. The van der Waals surface area contributed by atoms with Crippen LogP contribution in [-0.4, -0.2) is 12.4 Å². The summed E-state index contributed by atoms with van der Waals surface area (Å²) in [6.07, 6.45) is 6.95. The highest BCUT2D eigenvalue weighted by molar-refractivity contribution is 6.30. The van der Waals surface area contributed by atoms with Crippen LogP contribution >= 0.6 is 11.6 Å². The third-order valence-electron chi connectivity index (χ3n) is 3.45. The second-order valence-corrected chi connectivity index (χ2v) is 5.43. The highest BCUT2D eigenvalue weighted by Gasteiger charge is 2.17. The molecule has 98 valence electrons. The summed E-state index contributed by atoms with van der Waals surface area (Å²) in [6.45, 7) is 0.179. The maximum atomic E-state index is 11.8. The van der Waals surface area contributed by atoms with Gasteiger partial charge in [-0.3, -0.25) is 4.79 Å². The van der Waals surface area contributed by atoms with Crippen molar-refractivity contribution in [1.82, 2.24) is 0 Å². The smallest absolute Gasteiger partial charge is 0.170 e. The van der Waals surface area contributed by atoms with Gasteiger partial charge in [0.25, 0.3) is 0 Å². The van der Waals surface area contributed by atoms with E-state index in [1.807, 2.05) is 0 Å². The van der Waals surface area contributed by atoms with Gasteiger partial charge < -0.3 is 4.74 Å². The maximum absolute atomic E-state index is 11.8. The van der Waals surface area contributed by atoms with Crippen LogP contribution in [-0.2, 0) is 4.79 Å². The molecule has 1 aliphatic carbocycles. The first kappa shape index (κ1) is 13.4. The van der Waals surface area contributed by atoms with E-state index in [9.17, 15) is 4.79 Å². The Morgan fingerprint density at radius 2 is 1.83 bits per heavy atom. The van der Waals surface area contributed by atoms with E-state index in [1.165, 1.54) is 32.1 Å². The van der Waals surface area contributed by atoms with Crippen molar-refractivity contribution in [3.8, 4) is 5.75 Å². The van der Waals surface area contributed by atoms with Crippen molar-refractivity contribution in [3.05, 3.63) is 29.3 Å². The van der Waals surface area contributed by atoms with Gasteiger partial charge in [-0.15, -0.1) is 0 Å². The van der Waals surface area contributed by atoms with Crippen LogP contribution in [0.5, 0.6) is 5.75 Å². The van der Waals surface area contributed by atoms with Crippen molar-refractivity contribution in [3.63, 3.8) is 0 Å². The third-order valence-corrected chi connectivity index (χ3v) is 3.71. The molecule has 1 aromatic carbocycles. The Kier molecular flexibility index (Phi) is 5.06. The summed E-state index contributed by atoms with van der Waals surface area (Å²) in [5.41, 5.74) is 0. The second kappa shape index (κ2) is 6.79. The Balaban J connectivity index is 1.72. The van der Waals surface area contributed by atoms with Gasteiger partial charge in [0.1, 0.15) is 12.4 Å². The number of carbonyl (C=O) groups is 1. The van der Waals surface area contributed by atoms with Gasteiger partial charge in [-0.05, 0) is 30.2 Å². The standard InChI is InChI=1S/C15H19ClO2/c16-13-6-8-15(9-7-13)18-11-14(17)10-12-4-2-1-3-5-12/h6-9,12H,1-5,10-11H2. The minimum atomic E-state index is 0.179. The number of ether oxygens (including phenoxy) is 1. The molecular weight excluding hydrogens is 248 g/mol. The number of Topliss-reactive ketones (excluding diaryl/α,β-unsaturated/α-hetero) is 1. The van der Waals surface area contributed by atoms with Crippen molar-refractivity contribution in [1.29, 1.82) is 0 Å². The molecule has 0 aliphatic heterocycles. The van der Waals surface area contributed by atoms with E-state index in [-0.39, 0.29) is 12.4 Å². The predicted molar refractivity (Wildman–Crippen MR) is 73.1 cm³/mol. The Bertz CT molecular complexity index is 380. The number of halogens is 1. The van der Waals surface area contributed by atoms with Crippen LogP contribution in [0.15, 0.2) is 24.3 Å². The van der Waals surface area contributed by atoms with Crippen molar-refractivity contribution < 1.29 is 9.53 Å². The van der Waals surface area contributed by atoms with Crippen molar-refractivity contribution in [2.75, 3.05) is 6.61 Å². The molecule has 2 nitrogen and oxygen atoms in total. The fraction of sp³-hybridized carbons (Fsp3) is 0.533. The van der Waals surface area contributed by atoms with E-state index >= 15 is 0 Å². The Morgan fingerprint density at radius 1 is 1.17 bits per heavy atom. The molecule has 1 aliphatic rings. The van der Waals surface area contributed by atoms with E-state index in [4.69, 9.17) is 16.3 Å². The van der Waals surface area contributed by atoms with Crippen LogP contribution in [0, 0.1) is 5.92 Å². The zero-order valence-corrected chi connectivity index (χ0v) is 11.3. The van der Waals surface area contributed by atoms with E-state index < -0.39 is 0 Å². The zero-order valence-electron chi connectivity index (χ0n) is 10.5. The van der Waals surface area contributed by atoms with Gasteiger partial charge in [0.2, 0.25) is 0 Å². The molecule has 0 unspecified atom stereocenters. The molecule has 0 bridgehead atoms. The van der Waals surface area contributed by atoms with Crippen LogP contribution in [0.25, 0.3) is 0 Å². The minimum absolute atomic E-state index is 0.179. The molecule has 0 amide bonds. The number of rotatable bonds is 5. The van der Waals surface area contributed by atoms with Gasteiger partial charge >= 0.3 is 0 Å². The van der Waals surface area contributed by atoms with Gasteiger partial charge in [-0.25, -0.2) is 0 Å². The molecule has 2 rings (SSSR count). The fourth-order valence-electron chi connectivity index (χ4n) is 2.47. The molecule has 0 spiro atoms. The summed E-state index contributed by atoms with van der Waals surface area (Å²) in [6, 6.07) is 7.11. The molecule has 0 radical (unpaired) electrons. The fourth-order valence-corrected chi connectivity index (χ4v) is 2.59. The second-order valence-electron chi connectivity index (χ2n) is 4.99. The van der Waals surface area contributed by atoms with Gasteiger partial charge in [0.15, 0.2) is 5.78 Å². The van der Waals surface area contributed by atoms with Crippen LogP contribution in [0.3, 0.4) is 0 Å². The molecule has 0 aromatic heterocycles. The number of ketones is 1. The van der Waals surface area contributed by atoms with Gasteiger partial charge in [-0.2, -0.15) is 0 Å². The van der Waals surface area contributed by atoms with Crippen LogP contribution < -0.4 is 4.74 Å². The molecular formula is C15H19ClO2. The SMILES string of the molecule is O=C(COc1ccc(Cl)cc1)CC1CCCCC1. The lowest BCUT2D eigenvalue weighted by Crippen LogP contribution is -2.17. The summed E-state index contributed by atoms with van der Waals surface area (Å²) < 4.78 is 5.46. The molecule has 0 heterocycles. The molecule has 0 atom stereocenters. The Morgan fingerprint density at radius 3 is 2.50 bits per heavy atom. The molecule has 0 saturated heterocycles. The van der Waals surface area contributed by atoms with Crippen molar-refractivity contribution >= 4 is 17.4 Å². The molecule has 1 saturated carbocycles. The number of benzene rings is 1. The highest BCUT2D eigenvalue weighted by atomic mass is 35.5. The maximum Gasteiger partial charge on any atom is 0.170 e. The van der Waals surface area contributed by atoms with Crippen LogP contribution in [0.4, 0.5) is 0 Å². The quantitative estimate of drug-likeness (QED) is 0.796. The van der Waals surface area contributed by atoms with E-state index in [0.717, 1.165) is 0 Å². The molecule has 1 aromatic rings. The summed E-state index contributed by atoms with van der Waals surface area (Å²) in [7, 11) is 0. The normalized spacial score (nSPS) is 16.5. The van der Waals surface area contributed by atoms with E-state index in [2.05, 4.69) is 0 Å². The average Bonchev–Trinajstić information content (AvgIpc) is 2.39. The molecule has 1 fully saturated rings. The zero-order chi connectivity index (χ0) is 12.8. The number of hydrogen-bond acceptors (Lipinski definition) is 2. The van der Waals surface area contributed by atoms with Crippen molar-refractivity contribution in [2.24, 2.45) is 5.92 Å². The monoisotopic (exact) mass is 266 g/mol. The summed E-state index contributed by atoms with van der Waals surface area (Å²) in [5.74, 6) is 1.49. The Labute approximate surface area is 113 Å². The molecule has 18 heavy (non-hydrogen) atoms. The first-order chi connectivity index (χ1) is 8.74. The third kappa shape index (κ3) is 4.34.